The van der Waals surface area contributed by atoms with Crippen LogP contribution in [0, 0.1) is 13.8 Å². The zero-order valence-corrected chi connectivity index (χ0v) is 16.3. The fourth-order valence-electron chi connectivity index (χ4n) is 3.00. The minimum absolute atomic E-state index is 0.141. The molecule has 0 bridgehead atoms. The van der Waals surface area contributed by atoms with Gasteiger partial charge >= 0.3 is 5.69 Å². The molecule has 0 saturated carbocycles. The number of nitrogens with one attached hydrogen (secondary N) is 3. The van der Waals surface area contributed by atoms with E-state index in [4.69, 9.17) is 0 Å². The molecule has 0 atom stereocenters. The molecule has 1 amide bonds. The summed E-state index contributed by atoms with van der Waals surface area (Å²) in [5, 5.41) is 3.61. The fourth-order valence-corrected chi connectivity index (χ4v) is 3.76. The van der Waals surface area contributed by atoms with E-state index in [0.717, 1.165) is 16.4 Å². The van der Waals surface area contributed by atoms with Crippen molar-refractivity contribution in [2.75, 3.05) is 11.1 Å². The van der Waals surface area contributed by atoms with Crippen molar-refractivity contribution in [2.45, 2.75) is 19.0 Å². The molecule has 0 aliphatic heterocycles. The molecular weight excluding hydrogens is 374 g/mol. The van der Waals surface area contributed by atoms with Gasteiger partial charge in [0.15, 0.2) is 5.16 Å². The second-order valence-corrected chi connectivity index (χ2v) is 7.49. The number of rotatable bonds is 5. The number of anilines is 1. The summed E-state index contributed by atoms with van der Waals surface area (Å²) in [5.41, 5.74) is 5.08. The van der Waals surface area contributed by atoms with E-state index in [2.05, 4.69) is 52.3 Å². The number of aromatic amines is 2. The Hall–Kier alpha value is -3.26. The summed E-state index contributed by atoms with van der Waals surface area (Å²) in [6.07, 6.45) is 3.64. The van der Waals surface area contributed by atoms with Crippen LogP contribution in [0.5, 0.6) is 0 Å². The molecule has 2 heterocycles. The number of hydrogen-bond acceptors (Lipinski definition) is 4. The largest absolute Gasteiger partial charge is 0.325 e. The Bertz CT molecular complexity index is 1220. The first-order valence-corrected chi connectivity index (χ1v) is 9.74. The topological polar surface area (TPSA) is 95.6 Å². The van der Waals surface area contributed by atoms with E-state index in [1.54, 1.807) is 24.4 Å². The van der Waals surface area contributed by atoms with Crippen molar-refractivity contribution < 1.29 is 4.79 Å². The number of fused-ring (bicyclic) bond motifs is 1. The quantitative estimate of drug-likeness (QED) is 0.453. The average Bonchev–Trinajstić information content (AvgIpc) is 3.27. The van der Waals surface area contributed by atoms with Crippen molar-refractivity contribution in [3.63, 3.8) is 0 Å². The highest BCUT2D eigenvalue weighted by Gasteiger charge is 2.11. The van der Waals surface area contributed by atoms with Crippen LogP contribution >= 0.6 is 11.8 Å². The van der Waals surface area contributed by atoms with Crippen LogP contribution in [0.4, 0.5) is 5.69 Å². The van der Waals surface area contributed by atoms with Crippen LogP contribution in [0.25, 0.3) is 16.7 Å². The van der Waals surface area contributed by atoms with Crippen LogP contribution in [-0.2, 0) is 4.79 Å². The number of aromatic nitrogens is 4. The molecule has 0 aliphatic rings. The van der Waals surface area contributed by atoms with Crippen LogP contribution in [0.3, 0.4) is 0 Å². The molecular formula is C20H19N5O2S. The highest BCUT2D eigenvalue weighted by molar-refractivity contribution is 7.99. The Morgan fingerprint density at radius 1 is 1.14 bits per heavy atom. The SMILES string of the molecule is Cc1ccc(C)c(-n2ccnc2SCC(=O)Nc2ccc3[nH]c(=O)[nH]c3c2)c1. The zero-order chi connectivity index (χ0) is 19.7. The van der Waals surface area contributed by atoms with Gasteiger partial charge in [0.1, 0.15) is 0 Å². The van der Waals surface area contributed by atoms with Crippen molar-refractivity contribution in [3.05, 3.63) is 70.4 Å². The number of carbonyl (C=O) groups excluding carboxylic acids is 1. The molecule has 0 aliphatic carbocycles. The number of aryl methyl sites for hydroxylation is 2. The summed E-state index contributed by atoms with van der Waals surface area (Å²) in [4.78, 5) is 33.5. The first-order chi connectivity index (χ1) is 13.5. The predicted molar refractivity (Wildman–Crippen MR) is 111 cm³/mol. The Balaban J connectivity index is 1.46. The molecule has 0 fully saturated rings. The van der Waals surface area contributed by atoms with Gasteiger partial charge in [-0.05, 0) is 49.2 Å². The highest BCUT2D eigenvalue weighted by atomic mass is 32.2. The fraction of sp³-hybridized carbons (Fsp3) is 0.150. The van der Waals surface area contributed by atoms with Crippen molar-refractivity contribution in [2.24, 2.45) is 0 Å². The number of H-pyrrole nitrogens is 2. The van der Waals surface area contributed by atoms with Crippen LogP contribution in [0.15, 0.2) is 58.7 Å². The Kier molecular flexibility index (Phi) is 4.79. The summed E-state index contributed by atoms with van der Waals surface area (Å²) < 4.78 is 2.00. The number of thioether (sulfide) groups is 1. The normalized spacial score (nSPS) is 11.1. The monoisotopic (exact) mass is 393 g/mol. The summed E-state index contributed by atoms with van der Waals surface area (Å²) >= 11 is 1.37. The number of hydrogen-bond donors (Lipinski definition) is 3. The number of benzene rings is 2. The summed E-state index contributed by atoms with van der Waals surface area (Å²) in [7, 11) is 0. The highest BCUT2D eigenvalue weighted by Crippen LogP contribution is 2.24. The lowest BCUT2D eigenvalue weighted by atomic mass is 10.1. The molecule has 7 nitrogen and oxygen atoms in total. The van der Waals surface area contributed by atoms with Gasteiger partial charge in [0.25, 0.3) is 0 Å². The van der Waals surface area contributed by atoms with E-state index >= 15 is 0 Å². The number of carbonyl (C=O) groups is 1. The van der Waals surface area contributed by atoms with Crippen LogP contribution in [0.1, 0.15) is 11.1 Å². The van der Waals surface area contributed by atoms with Gasteiger partial charge in [0.2, 0.25) is 5.91 Å². The Morgan fingerprint density at radius 3 is 2.82 bits per heavy atom. The summed E-state index contributed by atoms with van der Waals surface area (Å²) in [6, 6.07) is 11.5. The maximum atomic E-state index is 12.4. The third kappa shape index (κ3) is 3.72. The smallest absolute Gasteiger partial charge is 0.323 e. The lowest BCUT2D eigenvalue weighted by Crippen LogP contribution is -2.14. The van der Waals surface area contributed by atoms with Crippen LogP contribution < -0.4 is 11.0 Å². The first-order valence-electron chi connectivity index (χ1n) is 8.75. The zero-order valence-electron chi connectivity index (χ0n) is 15.4. The van der Waals surface area contributed by atoms with Gasteiger partial charge in [-0.2, -0.15) is 0 Å². The van der Waals surface area contributed by atoms with E-state index in [-0.39, 0.29) is 17.3 Å². The van der Waals surface area contributed by atoms with Crippen LogP contribution in [-0.4, -0.2) is 31.2 Å². The molecule has 3 N–H and O–H groups in total. The van der Waals surface area contributed by atoms with E-state index in [1.807, 2.05) is 10.8 Å². The molecule has 142 valence electrons. The third-order valence-corrected chi connectivity index (χ3v) is 5.33. The molecule has 0 radical (unpaired) electrons. The van der Waals surface area contributed by atoms with Gasteiger partial charge in [-0.1, -0.05) is 23.9 Å². The maximum Gasteiger partial charge on any atom is 0.323 e. The molecule has 0 spiro atoms. The van der Waals surface area contributed by atoms with Gasteiger partial charge in [-0.3, -0.25) is 9.36 Å². The standard InChI is InChI=1S/C20H19N5O2S/c1-12-3-4-13(2)17(9-12)25-8-7-21-20(25)28-11-18(26)22-14-5-6-15-16(10-14)24-19(27)23-15/h3-10H,11H2,1-2H3,(H,22,26)(H2,23,24,27). The van der Waals surface area contributed by atoms with Crippen molar-refractivity contribution in [3.8, 4) is 5.69 Å². The van der Waals surface area contributed by atoms with E-state index in [9.17, 15) is 9.59 Å². The summed E-state index contributed by atoms with van der Waals surface area (Å²) in [5.74, 6) is 0.0848. The minimum atomic E-state index is -0.271. The van der Waals surface area contributed by atoms with Gasteiger partial charge in [0.05, 0.1) is 22.5 Å². The van der Waals surface area contributed by atoms with Gasteiger partial charge in [-0.15, -0.1) is 0 Å². The van der Waals surface area contributed by atoms with Gasteiger partial charge in [-0.25, -0.2) is 9.78 Å². The molecule has 0 saturated heterocycles. The van der Waals surface area contributed by atoms with Crippen molar-refractivity contribution >= 4 is 34.4 Å². The number of imidazole rings is 2. The molecule has 8 heteroatoms. The molecule has 2 aromatic heterocycles. The van der Waals surface area contributed by atoms with Gasteiger partial charge < -0.3 is 15.3 Å². The maximum absolute atomic E-state index is 12.4. The van der Waals surface area contributed by atoms with E-state index in [1.165, 1.54) is 17.3 Å². The van der Waals surface area contributed by atoms with E-state index < -0.39 is 0 Å². The number of nitrogens with zero attached hydrogens (tertiary/aromatic N) is 2. The second-order valence-electron chi connectivity index (χ2n) is 6.55. The van der Waals surface area contributed by atoms with E-state index in [0.29, 0.717) is 16.7 Å². The number of amides is 1. The molecule has 28 heavy (non-hydrogen) atoms. The molecule has 2 aromatic carbocycles. The lowest BCUT2D eigenvalue weighted by molar-refractivity contribution is -0.113. The lowest BCUT2D eigenvalue weighted by Gasteiger charge is -2.11. The summed E-state index contributed by atoms with van der Waals surface area (Å²) in [6.45, 7) is 4.10. The second kappa shape index (κ2) is 7.40. The Morgan fingerprint density at radius 2 is 1.96 bits per heavy atom. The van der Waals surface area contributed by atoms with Gasteiger partial charge in [0, 0.05) is 18.1 Å². The Labute approximate surface area is 165 Å². The first kappa shape index (κ1) is 18.1. The molecule has 4 rings (SSSR count). The average molecular weight is 393 g/mol. The van der Waals surface area contributed by atoms with Crippen molar-refractivity contribution in [1.29, 1.82) is 0 Å². The molecule has 0 unspecified atom stereocenters. The van der Waals surface area contributed by atoms with Crippen LogP contribution in [0.2, 0.25) is 0 Å². The van der Waals surface area contributed by atoms with Crippen molar-refractivity contribution in [1.82, 2.24) is 19.5 Å². The minimum Gasteiger partial charge on any atom is -0.325 e. The predicted octanol–water partition coefficient (Wildman–Crippen LogP) is 3.39. The molecule has 4 aromatic rings. The third-order valence-electron chi connectivity index (χ3n) is 4.36.